The number of aliphatic hydroxyl groups excluding tert-OH is 1. The Morgan fingerprint density at radius 3 is 2.12 bits per heavy atom. The van der Waals surface area contributed by atoms with Crippen molar-refractivity contribution in [2.45, 2.75) is 57.7 Å². The molecular weight excluding hydrogens is 562 g/mol. The van der Waals surface area contributed by atoms with E-state index in [2.05, 4.69) is 0 Å². The van der Waals surface area contributed by atoms with Gasteiger partial charge in [-0.2, -0.15) is 26.3 Å². The predicted molar refractivity (Wildman–Crippen MR) is 134 cm³/mol. The molecule has 1 aliphatic rings. The lowest BCUT2D eigenvalue weighted by molar-refractivity contribution is -0.143. The van der Waals surface area contributed by atoms with Crippen LogP contribution in [0.3, 0.4) is 0 Å². The molecule has 0 spiro atoms. The number of alkyl halides is 6. The van der Waals surface area contributed by atoms with E-state index in [1.54, 1.807) is 19.9 Å². The van der Waals surface area contributed by atoms with Crippen LogP contribution in [-0.2, 0) is 34.8 Å². The van der Waals surface area contributed by atoms with Gasteiger partial charge in [-0.15, -0.1) is 0 Å². The van der Waals surface area contributed by atoms with Gasteiger partial charge in [0.05, 0.1) is 43.7 Å². The van der Waals surface area contributed by atoms with E-state index >= 15 is 0 Å². The summed E-state index contributed by atoms with van der Waals surface area (Å²) in [6.07, 6.45) is -11.7. The zero-order chi connectivity index (χ0) is 30.7. The number of methoxy groups -OCH3 is 2. The van der Waals surface area contributed by atoms with Crippen molar-refractivity contribution in [1.29, 1.82) is 0 Å². The Bertz CT molecular complexity index is 1230. The normalized spacial score (nSPS) is 17.1. The largest absolute Gasteiger partial charge is 0.496 e. The zero-order valence-corrected chi connectivity index (χ0v) is 22.7. The number of carbonyl (C=O) groups excluding carboxylic acids is 2. The molecule has 0 saturated heterocycles. The van der Waals surface area contributed by atoms with Crippen LogP contribution in [0.15, 0.2) is 30.3 Å². The van der Waals surface area contributed by atoms with Crippen molar-refractivity contribution in [2.75, 3.05) is 32.3 Å². The molecule has 3 rings (SSSR count). The highest BCUT2D eigenvalue weighted by atomic mass is 19.4. The third-order valence-electron chi connectivity index (χ3n) is 6.68. The number of benzene rings is 2. The minimum Gasteiger partial charge on any atom is -0.496 e. The second-order valence-corrected chi connectivity index (χ2v) is 9.38. The molecule has 8 nitrogen and oxygen atoms in total. The predicted octanol–water partition coefficient (Wildman–Crippen LogP) is 6.33. The summed E-state index contributed by atoms with van der Waals surface area (Å²) in [5.41, 5.74) is -2.34. The standard InChI is InChI=1S/C27H30F6N2O6/c1-5-41-25(38)35-15(2)8-21(20-13-23(39-3)17(6-7-36)11-22(20)35)34(24(37)40-4)14-16-9-18(26(28,29)30)12-19(10-16)27(31,32)33/h9-13,15,21,36H,5-8,14H2,1-4H3/t15-,21+/m1/s1. The number of rotatable bonds is 7. The molecule has 41 heavy (non-hydrogen) atoms. The quantitative estimate of drug-likeness (QED) is 0.378. The minimum absolute atomic E-state index is 0.00867. The molecule has 0 saturated carbocycles. The summed E-state index contributed by atoms with van der Waals surface area (Å²) >= 11 is 0. The van der Waals surface area contributed by atoms with Gasteiger partial charge in [-0.25, -0.2) is 9.59 Å². The number of amides is 2. The summed E-state index contributed by atoms with van der Waals surface area (Å²) in [5.74, 6) is 0.296. The number of hydrogen-bond donors (Lipinski definition) is 1. The summed E-state index contributed by atoms with van der Waals surface area (Å²) in [6, 6.07) is 2.62. The Balaban J connectivity index is 2.21. The van der Waals surface area contributed by atoms with Crippen LogP contribution in [-0.4, -0.2) is 55.7 Å². The van der Waals surface area contributed by atoms with Crippen LogP contribution in [0.25, 0.3) is 0 Å². The Labute approximate surface area is 232 Å². The second-order valence-electron chi connectivity index (χ2n) is 9.38. The van der Waals surface area contributed by atoms with Crippen LogP contribution >= 0.6 is 0 Å². The highest BCUT2D eigenvalue weighted by Gasteiger charge is 2.41. The first-order valence-electron chi connectivity index (χ1n) is 12.6. The van der Waals surface area contributed by atoms with E-state index in [0.717, 1.165) is 12.0 Å². The first-order valence-corrected chi connectivity index (χ1v) is 12.6. The van der Waals surface area contributed by atoms with Crippen molar-refractivity contribution < 1.29 is 55.2 Å². The average molecular weight is 593 g/mol. The molecular formula is C27H30F6N2O6. The highest BCUT2D eigenvalue weighted by Crippen LogP contribution is 2.45. The van der Waals surface area contributed by atoms with Crippen LogP contribution in [0.2, 0.25) is 0 Å². The Hall–Kier alpha value is -3.68. The van der Waals surface area contributed by atoms with Crippen LogP contribution in [0.1, 0.15) is 54.1 Å². The van der Waals surface area contributed by atoms with Gasteiger partial charge in [0.1, 0.15) is 5.75 Å². The molecule has 0 aliphatic carbocycles. The van der Waals surface area contributed by atoms with E-state index < -0.39 is 59.9 Å². The number of ether oxygens (including phenoxy) is 3. The van der Waals surface area contributed by atoms with E-state index in [1.165, 1.54) is 18.1 Å². The fourth-order valence-electron chi connectivity index (χ4n) is 4.89. The molecule has 1 heterocycles. The maximum absolute atomic E-state index is 13.5. The number of fused-ring (bicyclic) bond motifs is 1. The van der Waals surface area contributed by atoms with E-state index in [9.17, 15) is 41.0 Å². The molecule has 0 radical (unpaired) electrons. The lowest BCUT2D eigenvalue weighted by Gasteiger charge is -2.43. The van der Waals surface area contributed by atoms with Gasteiger partial charge in [0.2, 0.25) is 0 Å². The van der Waals surface area contributed by atoms with E-state index in [1.807, 2.05) is 0 Å². The molecule has 1 N–H and O–H groups in total. The van der Waals surface area contributed by atoms with Gasteiger partial charge < -0.3 is 19.3 Å². The molecule has 1 aliphatic heterocycles. The number of nitrogens with zero attached hydrogens (tertiary/aromatic N) is 2. The average Bonchev–Trinajstić information content (AvgIpc) is 2.89. The molecule has 2 amide bonds. The van der Waals surface area contributed by atoms with Crippen LogP contribution < -0.4 is 9.64 Å². The molecule has 2 aromatic carbocycles. The van der Waals surface area contributed by atoms with Crippen molar-refractivity contribution in [3.8, 4) is 5.75 Å². The van der Waals surface area contributed by atoms with Gasteiger partial charge in [-0.3, -0.25) is 9.80 Å². The summed E-state index contributed by atoms with van der Waals surface area (Å²) in [7, 11) is 2.40. The number of anilines is 1. The smallest absolute Gasteiger partial charge is 0.416 e. The van der Waals surface area contributed by atoms with Gasteiger partial charge in [-0.1, -0.05) is 0 Å². The van der Waals surface area contributed by atoms with E-state index in [-0.39, 0.29) is 37.8 Å². The maximum atomic E-state index is 13.5. The Morgan fingerprint density at radius 2 is 1.63 bits per heavy atom. The summed E-state index contributed by atoms with van der Waals surface area (Å²) in [6.45, 7) is 2.41. The number of halogens is 6. The molecule has 0 aromatic heterocycles. The molecule has 2 atom stereocenters. The molecule has 2 aromatic rings. The van der Waals surface area contributed by atoms with Gasteiger partial charge >= 0.3 is 24.5 Å². The number of carbonyl (C=O) groups is 2. The summed E-state index contributed by atoms with van der Waals surface area (Å²) in [5, 5.41) is 9.53. The maximum Gasteiger partial charge on any atom is 0.416 e. The van der Waals surface area contributed by atoms with Crippen molar-refractivity contribution in [3.05, 3.63) is 58.1 Å². The van der Waals surface area contributed by atoms with Gasteiger partial charge in [0.25, 0.3) is 0 Å². The van der Waals surface area contributed by atoms with E-state index in [4.69, 9.17) is 14.2 Å². The Kier molecular flexibility index (Phi) is 9.67. The van der Waals surface area contributed by atoms with Gasteiger partial charge in [0.15, 0.2) is 0 Å². The first-order chi connectivity index (χ1) is 19.2. The molecule has 0 fully saturated rings. The molecule has 226 valence electrons. The van der Waals surface area contributed by atoms with Gasteiger partial charge in [0, 0.05) is 24.8 Å². The monoisotopic (exact) mass is 592 g/mol. The lowest BCUT2D eigenvalue weighted by atomic mass is 9.88. The van der Waals surface area contributed by atoms with Crippen molar-refractivity contribution in [3.63, 3.8) is 0 Å². The summed E-state index contributed by atoms with van der Waals surface area (Å²) < 4.78 is 96.6. The first kappa shape index (κ1) is 31.8. The molecule has 14 heteroatoms. The third kappa shape index (κ3) is 6.97. The highest BCUT2D eigenvalue weighted by molar-refractivity contribution is 5.91. The minimum atomic E-state index is -5.07. The van der Waals surface area contributed by atoms with Crippen LogP contribution in [0.4, 0.5) is 41.6 Å². The topological polar surface area (TPSA) is 88.5 Å². The zero-order valence-electron chi connectivity index (χ0n) is 22.7. The fraction of sp³-hybridized carbons (Fsp3) is 0.481. The lowest BCUT2D eigenvalue weighted by Crippen LogP contribution is -2.47. The second kappa shape index (κ2) is 12.5. The third-order valence-corrected chi connectivity index (χ3v) is 6.68. The SMILES string of the molecule is CCOC(=O)N1c2cc(CCO)c(OC)cc2[C@@H](N(Cc2cc(C(F)(F)F)cc(C(F)(F)F)c2)C(=O)OC)C[C@H]1C. The van der Waals surface area contributed by atoms with Crippen molar-refractivity contribution in [2.24, 2.45) is 0 Å². The molecule has 0 bridgehead atoms. The summed E-state index contributed by atoms with van der Waals surface area (Å²) in [4.78, 5) is 28.3. The number of aliphatic hydroxyl groups is 1. The van der Waals surface area contributed by atoms with Crippen molar-refractivity contribution in [1.82, 2.24) is 4.90 Å². The molecule has 0 unspecified atom stereocenters. The number of hydrogen-bond acceptors (Lipinski definition) is 6. The van der Waals surface area contributed by atoms with Crippen LogP contribution in [0.5, 0.6) is 5.75 Å². The van der Waals surface area contributed by atoms with Crippen molar-refractivity contribution >= 4 is 17.9 Å². The van der Waals surface area contributed by atoms with Crippen LogP contribution in [0, 0.1) is 0 Å². The van der Waals surface area contributed by atoms with E-state index in [0.29, 0.717) is 29.0 Å². The van der Waals surface area contributed by atoms with Gasteiger partial charge in [-0.05, 0) is 68.1 Å². The Morgan fingerprint density at radius 1 is 1.02 bits per heavy atom. The fourth-order valence-corrected chi connectivity index (χ4v) is 4.89.